The van der Waals surface area contributed by atoms with Gasteiger partial charge in [0.15, 0.2) is 0 Å². The van der Waals surface area contributed by atoms with E-state index in [2.05, 4.69) is 31.0 Å². The van der Waals surface area contributed by atoms with Crippen LogP contribution in [0.15, 0.2) is 0 Å². The van der Waals surface area contributed by atoms with Gasteiger partial charge in [-0.15, -0.1) is 0 Å². The predicted molar refractivity (Wildman–Crippen MR) is 78.4 cm³/mol. The zero-order valence-electron chi connectivity index (χ0n) is 12.9. The Kier molecular flexibility index (Phi) is 3.65. The van der Waals surface area contributed by atoms with E-state index in [-0.39, 0.29) is 5.60 Å². The Bertz CT molecular complexity index is 323. The largest absolute Gasteiger partial charge is 0.375 e. The molecule has 0 bridgehead atoms. The van der Waals surface area contributed by atoms with Crippen LogP contribution in [0.25, 0.3) is 0 Å². The summed E-state index contributed by atoms with van der Waals surface area (Å²) in [5.41, 5.74) is 0.505. The number of hydrogen-bond acceptors (Lipinski definition) is 3. The molecule has 2 atom stereocenters. The molecule has 1 N–H and O–H groups in total. The van der Waals surface area contributed by atoms with Crippen molar-refractivity contribution in [3.8, 4) is 0 Å². The van der Waals surface area contributed by atoms with Crippen molar-refractivity contribution >= 4 is 0 Å². The van der Waals surface area contributed by atoms with Crippen LogP contribution in [0.1, 0.15) is 59.3 Å². The van der Waals surface area contributed by atoms with Gasteiger partial charge in [0.25, 0.3) is 0 Å². The van der Waals surface area contributed by atoms with Crippen LogP contribution in [-0.4, -0.2) is 47.8 Å². The van der Waals surface area contributed by atoms with Crippen molar-refractivity contribution in [2.24, 2.45) is 0 Å². The van der Waals surface area contributed by atoms with Crippen LogP contribution in [0.2, 0.25) is 0 Å². The van der Waals surface area contributed by atoms with E-state index < -0.39 is 0 Å². The number of piperazine rings is 1. The lowest BCUT2D eigenvalue weighted by atomic mass is 9.87. The van der Waals surface area contributed by atoms with Crippen molar-refractivity contribution in [3.63, 3.8) is 0 Å². The highest BCUT2D eigenvalue weighted by atomic mass is 16.5. The molecule has 3 aliphatic rings. The van der Waals surface area contributed by atoms with Gasteiger partial charge in [-0.3, -0.25) is 4.90 Å². The predicted octanol–water partition coefficient (Wildman–Crippen LogP) is 2.55. The minimum atomic E-state index is 0.0658. The van der Waals surface area contributed by atoms with Crippen molar-refractivity contribution in [2.75, 3.05) is 19.7 Å². The second-order valence-corrected chi connectivity index (χ2v) is 7.64. The van der Waals surface area contributed by atoms with Gasteiger partial charge in [0, 0.05) is 37.3 Å². The SMILES string of the molecule is CC1CNC2(CCCC2)CN1C1CCOC(C)(C)C1. The third kappa shape index (κ3) is 2.84. The molecule has 3 nitrogen and oxygen atoms in total. The first-order valence-corrected chi connectivity index (χ1v) is 8.15. The zero-order chi connectivity index (χ0) is 13.5. The van der Waals surface area contributed by atoms with E-state index in [9.17, 15) is 0 Å². The van der Waals surface area contributed by atoms with Crippen LogP contribution >= 0.6 is 0 Å². The molecule has 0 radical (unpaired) electrons. The highest BCUT2D eigenvalue weighted by Crippen LogP contribution is 2.36. The van der Waals surface area contributed by atoms with E-state index in [0.29, 0.717) is 11.6 Å². The molecule has 1 spiro atoms. The average Bonchev–Trinajstić information content (AvgIpc) is 2.80. The molecule has 0 aromatic rings. The Hall–Kier alpha value is -0.120. The van der Waals surface area contributed by atoms with Gasteiger partial charge in [0.05, 0.1) is 5.60 Å². The fraction of sp³-hybridized carbons (Fsp3) is 1.00. The summed E-state index contributed by atoms with van der Waals surface area (Å²) in [5, 5.41) is 3.86. The summed E-state index contributed by atoms with van der Waals surface area (Å²) in [5.74, 6) is 0. The molecule has 3 heteroatoms. The lowest BCUT2D eigenvalue weighted by molar-refractivity contribution is -0.0969. The Morgan fingerprint density at radius 2 is 1.95 bits per heavy atom. The molecule has 0 aromatic heterocycles. The second-order valence-electron chi connectivity index (χ2n) is 7.64. The molecule has 2 heterocycles. The lowest BCUT2D eigenvalue weighted by Crippen LogP contribution is -2.65. The van der Waals surface area contributed by atoms with Crippen molar-refractivity contribution in [1.82, 2.24) is 10.2 Å². The topological polar surface area (TPSA) is 24.5 Å². The molecular formula is C16H30N2O. The summed E-state index contributed by atoms with van der Waals surface area (Å²) in [6.07, 6.45) is 7.98. The van der Waals surface area contributed by atoms with E-state index in [1.807, 2.05) is 0 Å². The molecule has 0 aromatic carbocycles. The quantitative estimate of drug-likeness (QED) is 0.789. The number of ether oxygens (including phenoxy) is 1. The van der Waals surface area contributed by atoms with Gasteiger partial charge < -0.3 is 10.1 Å². The first-order chi connectivity index (χ1) is 9.00. The van der Waals surface area contributed by atoms with Crippen molar-refractivity contribution in [2.45, 2.75) is 82.5 Å². The third-order valence-electron chi connectivity index (χ3n) is 5.52. The van der Waals surface area contributed by atoms with Crippen molar-refractivity contribution in [1.29, 1.82) is 0 Å². The number of hydrogen-bond donors (Lipinski definition) is 1. The molecule has 110 valence electrons. The second kappa shape index (κ2) is 5.01. The molecule has 2 aliphatic heterocycles. The van der Waals surface area contributed by atoms with Gasteiger partial charge in [0.2, 0.25) is 0 Å². The highest BCUT2D eigenvalue weighted by Gasteiger charge is 2.43. The standard InChI is InChI=1S/C16H30N2O/c1-13-11-17-16(7-4-5-8-16)12-18(13)14-6-9-19-15(2,3)10-14/h13-14,17H,4-12H2,1-3H3. The molecule has 19 heavy (non-hydrogen) atoms. The smallest absolute Gasteiger partial charge is 0.0641 e. The van der Waals surface area contributed by atoms with Gasteiger partial charge in [-0.2, -0.15) is 0 Å². The van der Waals surface area contributed by atoms with E-state index in [0.717, 1.165) is 19.2 Å². The minimum Gasteiger partial charge on any atom is -0.375 e. The van der Waals surface area contributed by atoms with Gasteiger partial charge in [-0.05, 0) is 46.5 Å². The van der Waals surface area contributed by atoms with Crippen LogP contribution < -0.4 is 5.32 Å². The Balaban J connectivity index is 1.71. The lowest BCUT2D eigenvalue weighted by Gasteiger charge is -2.51. The summed E-state index contributed by atoms with van der Waals surface area (Å²) >= 11 is 0. The van der Waals surface area contributed by atoms with E-state index in [4.69, 9.17) is 4.74 Å². The molecule has 2 unspecified atom stereocenters. The van der Waals surface area contributed by atoms with Gasteiger partial charge in [0.1, 0.15) is 0 Å². The first-order valence-electron chi connectivity index (χ1n) is 8.15. The summed E-state index contributed by atoms with van der Waals surface area (Å²) in [6, 6.07) is 1.39. The van der Waals surface area contributed by atoms with Crippen LogP contribution in [0.4, 0.5) is 0 Å². The van der Waals surface area contributed by atoms with E-state index in [1.165, 1.54) is 45.1 Å². The number of rotatable bonds is 1. The monoisotopic (exact) mass is 266 g/mol. The van der Waals surface area contributed by atoms with Gasteiger partial charge in [-0.25, -0.2) is 0 Å². The maximum atomic E-state index is 5.90. The normalized spacial score (nSPS) is 38.7. The van der Waals surface area contributed by atoms with Crippen molar-refractivity contribution < 1.29 is 4.74 Å². The zero-order valence-corrected chi connectivity index (χ0v) is 12.9. The van der Waals surface area contributed by atoms with E-state index in [1.54, 1.807) is 0 Å². The molecular weight excluding hydrogens is 236 g/mol. The third-order valence-corrected chi connectivity index (χ3v) is 5.52. The molecule has 0 amide bonds. The summed E-state index contributed by atoms with van der Waals surface area (Å²) < 4.78 is 5.90. The summed E-state index contributed by atoms with van der Waals surface area (Å²) in [6.45, 7) is 10.2. The number of nitrogens with zero attached hydrogens (tertiary/aromatic N) is 1. The fourth-order valence-electron chi connectivity index (χ4n) is 4.40. The minimum absolute atomic E-state index is 0.0658. The van der Waals surface area contributed by atoms with Crippen LogP contribution in [0.5, 0.6) is 0 Å². The molecule has 1 saturated carbocycles. The molecule has 3 fully saturated rings. The summed E-state index contributed by atoms with van der Waals surface area (Å²) in [4.78, 5) is 2.80. The Morgan fingerprint density at radius 1 is 1.21 bits per heavy atom. The average molecular weight is 266 g/mol. The van der Waals surface area contributed by atoms with Crippen molar-refractivity contribution in [3.05, 3.63) is 0 Å². The Morgan fingerprint density at radius 3 is 2.63 bits per heavy atom. The maximum absolute atomic E-state index is 5.90. The summed E-state index contributed by atoms with van der Waals surface area (Å²) in [7, 11) is 0. The first kappa shape index (κ1) is 13.8. The van der Waals surface area contributed by atoms with Crippen LogP contribution in [0.3, 0.4) is 0 Å². The fourth-order valence-corrected chi connectivity index (χ4v) is 4.40. The van der Waals surface area contributed by atoms with E-state index >= 15 is 0 Å². The van der Waals surface area contributed by atoms with Crippen LogP contribution in [0, 0.1) is 0 Å². The molecule has 2 saturated heterocycles. The molecule has 1 aliphatic carbocycles. The number of nitrogens with one attached hydrogen (secondary N) is 1. The van der Waals surface area contributed by atoms with Gasteiger partial charge >= 0.3 is 0 Å². The van der Waals surface area contributed by atoms with Gasteiger partial charge in [-0.1, -0.05) is 12.8 Å². The molecule has 3 rings (SSSR count). The Labute approximate surface area is 118 Å². The van der Waals surface area contributed by atoms with Crippen LogP contribution in [-0.2, 0) is 4.74 Å². The maximum Gasteiger partial charge on any atom is 0.0641 e. The highest BCUT2D eigenvalue weighted by molar-refractivity contribution is 5.02.